The van der Waals surface area contributed by atoms with E-state index >= 15 is 0 Å². The molecule has 2 rings (SSSR count). The van der Waals surface area contributed by atoms with Crippen molar-refractivity contribution in [3.63, 3.8) is 0 Å². The predicted molar refractivity (Wildman–Crippen MR) is 86.9 cm³/mol. The number of carbonyl (C=O) groups is 1. The first-order chi connectivity index (χ1) is 10.1. The Labute approximate surface area is 129 Å². The second-order valence-corrected chi connectivity index (χ2v) is 5.55. The van der Waals surface area contributed by atoms with Gasteiger partial charge in [-0.15, -0.1) is 0 Å². The number of carbonyl (C=O) groups excluding carboxylic acids is 1. The fraction of sp³-hybridized carbons (Fsp3) is 0.188. The summed E-state index contributed by atoms with van der Waals surface area (Å²) in [5.41, 5.74) is 2.89. The summed E-state index contributed by atoms with van der Waals surface area (Å²) in [4.78, 5) is 12.9. The number of hydrogen-bond donors (Lipinski definition) is 2. The van der Waals surface area contributed by atoms with Gasteiger partial charge in [-0.05, 0) is 55.6 Å². The van der Waals surface area contributed by atoms with Crippen molar-refractivity contribution < 1.29 is 9.53 Å². The molecule has 2 N–H and O–H groups in total. The summed E-state index contributed by atoms with van der Waals surface area (Å²) in [5, 5.41) is 2.79. The normalized spacial score (nSPS) is 10.0. The first-order valence-corrected chi connectivity index (χ1v) is 7.35. The van der Waals surface area contributed by atoms with Crippen LogP contribution in [0.5, 0.6) is 5.75 Å². The molecule has 0 bridgehead atoms. The fourth-order valence-electron chi connectivity index (χ4n) is 1.78. The Morgan fingerprint density at radius 1 is 1.05 bits per heavy atom. The van der Waals surface area contributed by atoms with E-state index < -0.39 is 0 Å². The van der Waals surface area contributed by atoms with Gasteiger partial charge in [0.25, 0.3) is 0 Å². The second-order valence-electron chi connectivity index (χ2n) is 4.68. The van der Waals surface area contributed by atoms with Gasteiger partial charge >= 0.3 is 6.03 Å². The van der Waals surface area contributed by atoms with Crippen molar-refractivity contribution >= 4 is 23.7 Å². The molecule has 0 aromatic heterocycles. The Bertz CT molecular complexity index is 627. The van der Waals surface area contributed by atoms with Crippen molar-refractivity contribution in [2.45, 2.75) is 18.7 Å². The standard InChI is InChI=1S/C16H18N2O2S/c1-11-4-7-13(8-5-11)21-18-16(19)17-14-10-12(2)6-9-15(14)20-3/h4-10H,1-3H3,(H2,17,18,19). The van der Waals surface area contributed by atoms with Crippen LogP contribution in [0.3, 0.4) is 0 Å². The number of amides is 2. The lowest BCUT2D eigenvalue weighted by atomic mass is 10.2. The molecule has 0 aliphatic rings. The third kappa shape index (κ3) is 4.43. The van der Waals surface area contributed by atoms with Crippen LogP contribution in [0, 0.1) is 13.8 Å². The molecule has 4 nitrogen and oxygen atoms in total. The molecule has 2 amide bonds. The number of hydrogen-bond acceptors (Lipinski definition) is 3. The molecule has 0 fully saturated rings. The maximum Gasteiger partial charge on any atom is 0.329 e. The van der Waals surface area contributed by atoms with Crippen molar-refractivity contribution in [3.05, 3.63) is 53.6 Å². The van der Waals surface area contributed by atoms with Gasteiger partial charge in [-0.25, -0.2) is 4.79 Å². The molecule has 21 heavy (non-hydrogen) atoms. The molecule has 0 unspecified atom stereocenters. The van der Waals surface area contributed by atoms with Crippen LogP contribution in [-0.2, 0) is 0 Å². The Morgan fingerprint density at radius 2 is 1.71 bits per heavy atom. The molecule has 0 saturated carbocycles. The summed E-state index contributed by atoms with van der Waals surface area (Å²) >= 11 is 1.27. The zero-order valence-electron chi connectivity index (χ0n) is 12.3. The van der Waals surface area contributed by atoms with Crippen LogP contribution >= 0.6 is 11.9 Å². The number of urea groups is 1. The molecule has 0 radical (unpaired) electrons. The van der Waals surface area contributed by atoms with Gasteiger partial charge in [-0.2, -0.15) is 0 Å². The summed E-state index contributed by atoms with van der Waals surface area (Å²) in [6.45, 7) is 3.99. The van der Waals surface area contributed by atoms with Gasteiger partial charge in [0.15, 0.2) is 0 Å². The van der Waals surface area contributed by atoms with Gasteiger partial charge in [0.1, 0.15) is 5.75 Å². The van der Waals surface area contributed by atoms with Crippen LogP contribution in [0.25, 0.3) is 0 Å². The minimum atomic E-state index is -0.288. The Kier molecular flexibility index (Phi) is 5.11. The minimum absolute atomic E-state index is 0.288. The van der Waals surface area contributed by atoms with Crippen LogP contribution < -0.4 is 14.8 Å². The highest BCUT2D eigenvalue weighted by Gasteiger charge is 2.07. The zero-order chi connectivity index (χ0) is 15.2. The summed E-state index contributed by atoms with van der Waals surface area (Å²) < 4.78 is 7.98. The van der Waals surface area contributed by atoms with Gasteiger partial charge in [0.2, 0.25) is 0 Å². The van der Waals surface area contributed by atoms with Gasteiger partial charge in [0.05, 0.1) is 12.8 Å². The average molecular weight is 302 g/mol. The van der Waals surface area contributed by atoms with E-state index in [1.54, 1.807) is 7.11 Å². The third-order valence-electron chi connectivity index (χ3n) is 2.89. The Morgan fingerprint density at radius 3 is 2.38 bits per heavy atom. The maximum atomic E-state index is 11.9. The average Bonchev–Trinajstić information content (AvgIpc) is 2.47. The van der Waals surface area contributed by atoms with E-state index in [1.807, 2.05) is 56.3 Å². The van der Waals surface area contributed by atoms with E-state index in [9.17, 15) is 4.79 Å². The van der Waals surface area contributed by atoms with Crippen molar-refractivity contribution in [1.82, 2.24) is 4.72 Å². The highest BCUT2D eigenvalue weighted by atomic mass is 32.2. The molecule has 0 atom stereocenters. The quantitative estimate of drug-likeness (QED) is 0.835. The van der Waals surface area contributed by atoms with E-state index in [-0.39, 0.29) is 6.03 Å². The molecule has 0 aliphatic heterocycles. The van der Waals surface area contributed by atoms with E-state index in [1.165, 1.54) is 17.5 Å². The fourth-order valence-corrected chi connectivity index (χ4v) is 2.31. The van der Waals surface area contributed by atoms with Crippen LogP contribution in [0.1, 0.15) is 11.1 Å². The molecular formula is C16H18N2O2S. The minimum Gasteiger partial charge on any atom is -0.495 e. The van der Waals surface area contributed by atoms with Crippen molar-refractivity contribution in [2.75, 3.05) is 12.4 Å². The number of aryl methyl sites for hydroxylation is 2. The number of ether oxygens (including phenoxy) is 1. The van der Waals surface area contributed by atoms with E-state index in [4.69, 9.17) is 4.74 Å². The van der Waals surface area contributed by atoms with Crippen LogP contribution in [0.4, 0.5) is 10.5 Å². The van der Waals surface area contributed by atoms with Crippen molar-refractivity contribution in [1.29, 1.82) is 0 Å². The van der Waals surface area contributed by atoms with E-state index in [2.05, 4.69) is 10.0 Å². The number of benzene rings is 2. The number of rotatable bonds is 4. The van der Waals surface area contributed by atoms with Gasteiger partial charge < -0.3 is 10.1 Å². The van der Waals surface area contributed by atoms with Crippen molar-refractivity contribution in [2.24, 2.45) is 0 Å². The number of methoxy groups -OCH3 is 1. The first-order valence-electron chi connectivity index (χ1n) is 6.53. The summed E-state index contributed by atoms with van der Waals surface area (Å²) in [5.74, 6) is 0.635. The smallest absolute Gasteiger partial charge is 0.329 e. The van der Waals surface area contributed by atoms with Crippen LogP contribution in [-0.4, -0.2) is 13.1 Å². The van der Waals surface area contributed by atoms with E-state index in [0.717, 1.165) is 10.5 Å². The maximum absolute atomic E-state index is 11.9. The lowest BCUT2D eigenvalue weighted by Crippen LogP contribution is -2.23. The van der Waals surface area contributed by atoms with Gasteiger partial charge in [-0.1, -0.05) is 23.8 Å². The first kappa shape index (κ1) is 15.3. The molecule has 0 aliphatic carbocycles. The molecule has 110 valence electrons. The van der Waals surface area contributed by atoms with Crippen LogP contribution in [0.15, 0.2) is 47.4 Å². The van der Waals surface area contributed by atoms with Gasteiger partial charge in [-0.3, -0.25) is 4.72 Å². The number of nitrogens with one attached hydrogen (secondary N) is 2. The molecule has 0 spiro atoms. The van der Waals surface area contributed by atoms with E-state index in [0.29, 0.717) is 11.4 Å². The summed E-state index contributed by atoms with van der Waals surface area (Å²) in [6, 6.07) is 13.3. The largest absolute Gasteiger partial charge is 0.495 e. The number of anilines is 1. The van der Waals surface area contributed by atoms with Gasteiger partial charge in [0, 0.05) is 4.90 Å². The molecule has 2 aromatic rings. The molecule has 0 heterocycles. The Hall–Kier alpha value is -2.14. The highest BCUT2D eigenvalue weighted by molar-refractivity contribution is 7.98. The Balaban J connectivity index is 1.95. The topological polar surface area (TPSA) is 50.4 Å². The molecule has 2 aromatic carbocycles. The van der Waals surface area contributed by atoms with Crippen molar-refractivity contribution in [3.8, 4) is 5.75 Å². The predicted octanol–water partition coefficient (Wildman–Crippen LogP) is 4.14. The highest BCUT2D eigenvalue weighted by Crippen LogP contribution is 2.25. The second kappa shape index (κ2) is 7.04. The summed E-state index contributed by atoms with van der Waals surface area (Å²) in [6.07, 6.45) is 0. The molecule has 5 heteroatoms. The monoisotopic (exact) mass is 302 g/mol. The SMILES string of the molecule is COc1ccc(C)cc1NC(=O)NSc1ccc(C)cc1. The summed E-state index contributed by atoms with van der Waals surface area (Å²) in [7, 11) is 1.58. The molecular weight excluding hydrogens is 284 g/mol. The lowest BCUT2D eigenvalue weighted by Gasteiger charge is -2.11. The van der Waals surface area contributed by atoms with Crippen LogP contribution in [0.2, 0.25) is 0 Å². The lowest BCUT2D eigenvalue weighted by molar-refractivity contribution is 0.257. The third-order valence-corrected chi connectivity index (χ3v) is 3.68. The molecule has 0 saturated heterocycles. The zero-order valence-corrected chi connectivity index (χ0v) is 13.1.